The van der Waals surface area contributed by atoms with Crippen LogP contribution >= 0.6 is 10.7 Å². The highest BCUT2D eigenvalue weighted by atomic mass is 35.7. The Morgan fingerprint density at radius 3 is 2.59 bits per heavy atom. The number of hydrogen-bond acceptors (Lipinski definition) is 5. The number of hydrogen-bond donors (Lipinski definition) is 0. The number of fused-ring (bicyclic) bond motifs is 1. The zero-order valence-electron chi connectivity index (χ0n) is 14.0. The summed E-state index contributed by atoms with van der Waals surface area (Å²) in [5, 5.41) is 0. The summed E-state index contributed by atoms with van der Waals surface area (Å²) < 4.78 is 55.8. The molecule has 0 unspecified atom stereocenters. The van der Waals surface area contributed by atoms with E-state index in [1.54, 1.807) is 0 Å². The number of nitrogens with zero attached hydrogens (tertiary/aromatic N) is 3. The molecule has 1 aliphatic rings. The second-order valence-electron chi connectivity index (χ2n) is 5.96. The normalized spacial score (nSPS) is 14.3. The van der Waals surface area contributed by atoms with Gasteiger partial charge in [-0.2, -0.15) is 0 Å². The van der Waals surface area contributed by atoms with Crippen molar-refractivity contribution < 1.29 is 26.7 Å². The minimum atomic E-state index is -4.03. The molecular formula is C16H16ClF2N3O4S. The lowest BCUT2D eigenvalue weighted by atomic mass is 10.2. The molecule has 146 valence electrons. The monoisotopic (exact) mass is 419 g/mol. The molecule has 0 fully saturated rings. The van der Waals surface area contributed by atoms with E-state index in [2.05, 4.69) is 4.98 Å². The van der Waals surface area contributed by atoms with Crippen molar-refractivity contribution >= 4 is 25.8 Å². The first-order valence-corrected chi connectivity index (χ1v) is 10.5. The molecule has 0 N–H and O–H groups in total. The predicted molar refractivity (Wildman–Crippen MR) is 92.7 cm³/mol. The molecule has 27 heavy (non-hydrogen) atoms. The molecule has 0 spiro atoms. The third kappa shape index (κ3) is 4.75. The number of imidazole rings is 1. The van der Waals surface area contributed by atoms with Gasteiger partial charge in [-0.3, -0.25) is 4.90 Å². The molecule has 1 amide bonds. The minimum absolute atomic E-state index is 0.0598. The largest absolute Gasteiger partial charge is 0.445 e. The molecule has 0 aliphatic carbocycles. The second-order valence-corrected chi connectivity index (χ2v) is 8.73. The van der Waals surface area contributed by atoms with Gasteiger partial charge in [0.1, 0.15) is 23.9 Å². The quantitative estimate of drug-likeness (QED) is 0.696. The van der Waals surface area contributed by atoms with Crippen LogP contribution in [0.25, 0.3) is 0 Å². The van der Waals surface area contributed by atoms with E-state index in [1.807, 2.05) is 30.3 Å². The summed E-state index contributed by atoms with van der Waals surface area (Å²) in [5.41, 5.74) is 0.0417. The van der Waals surface area contributed by atoms with Crippen molar-refractivity contribution in [3.05, 3.63) is 53.1 Å². The summed E-state index contributed by atoms with van der Waals surface area (Å²) in [6.07, 6.45) is -3.55. The molecule has 0 atom stereocenters. The third-order valence-electron chi connectivity index (χ3n) is 4.09. The fourth-order valence-electron chi connectivity index (χ4n) is 2.87. The summed E-state index contributed by atoms with van der Waals surface area (Å²) in [7, 11) is 1.19. The van der Waals surface area contributed by atoms with Crippen LogP contribution in [0.3, 0.4) is 0 Å². The maximum atomic E-state index is 13.2. The fraction of sp³-hybridized carbons (Fsp3) is 0.375. The van der Waals surface area contributed by atoms with Gasteiger partial charge in [0.2, 0.25) is 9.05 Å². The lowest BCUT2D eigenvalue weighted by molar-refractivity contribution is 0.0860. The van der Waals surface area contributed by atoms with Crippen LogP contribution in [0.2, 0.25) is 0 Å². The van der Waals surface area contributed by atoms with Gasteiger partial charge >= 0.3 is 6.09 Å². The molecule has 2 aromatic rings. The van der Waals surface area contributed by atoms with Gasteiger partial charge in [0.05, 0.1) is 12.2 Å². The highest BCUT2D eigenvalue weighted by molar-refractivity contribution is 8.13. The number of alkyl halides is 2. The third-order valence-corrected chi connectivity index (χ3v) is 5.03. The Kier molecular flexibility index (Phi) is 5.66. The van der Waals surface area contributed by atoms with E-state index in [4.69, 9.17) is 15.4 Å². The van der Waals surface area contributed by atoms with E-state index in [1.165, 1.54) is 9.47 Å². The molecule has 0 saturated carbocycles. The number of benzene rings is 1. The number of carbonyl (C=O) groups excluding carboxylic acids is 1. The minimum Gasteiger partial charge on any atom is -0.445 e. The molecule has 7 nitrogen and oxygen atoms in total. The van der Waals surface area contributed by atoms with Crippen LogP contribution in [0.15, 0.2) is 30.3 Å². The number of rotatable bonds is 5. The van der Waals surface area contributed by atoms with Crippen LogP contribution in [0.4, 0.5) is 13.6 Å². The van der Waals surface area contributed by atoms with Crippen LogP contribution < -0.4 is 0 Å². The average molecular weight is 420 g/mol. The highest BCUT2D eigenvalue weighted by Gasteiger charge is 2.31. The van der Waals surface area contributed by atoms with Crippen molar-refractivity contribution in [2.45, 2.75) is 31.9 Å². The van der Waals surface area contributed by atoms with Gasteiger partial charge < -0.3 is 9.30 Å². The molecule has 0 bridgehead atoms. The summed E-state index contributed by atoms with van der Waals surface area (Å²) >= 11 is 0. The van der Waals surface area contributed by atoms with Crippen LogP contribution in [0.5, 0.6) is 0 Å². The van der Waals surface area contributed by atoms with E-state index < -0.39 is 33.0 Å². The lowest BCUT2D eigenvalue weighted by Gasteiger charge is -2.27. The number of halogens is 3. The SMILES string of the molecule is O=C(OCc1ccccc1)N1CCn2c(nc(C(F)F)c2CS(=O)(=O)Cl)C1. The molecule has 11 heteroatoms. The maximum Gasteiger partial charge on any atom is 0.410 e. The molecule has 3 rings (SSSR count). The van der Waals surface area contributed by atoms with Gasteiger partial charge in [0.25, 0.3) is 6.43 Å². The number of aromatic nitrogens is 2. The van der Waals surface area contributed by atoms with Crippen molar-refractivity contribution in [2.75, 3.05) is 6.54 Å². The van der Waals surface area contributed by atoms with E-state index in [0.29, 0.717) is 0 Å². The molecule has 2 heterocycles. The van der Waals surface area contributed by atoms with E-state index in [-0.39, 0.29) is 37.8 Å². The van der Waals surface area contributed by atoms with Gasteiger partial charge in [0, 0.05) is 23.8 Å². The van der Waals surface area contributed by atoms with Crippen molar-refractivity contribution in [1.29, 1.82) is 0 Å². The molecule has 1 aromatic heterocycles. The van der Waals surface area contributed by atoms with Crippen molar-refractivity contribution in [1.82, 2.24) is 14.5 Å². The van der Waals surface area contributed by atoms with Gasteiger partial charge in [-0.15, -0.1) is 0 Å². The Morgan fingerprint density at radius 1 is 1.26 bits per heavy atom. The number of amides is 1. The Hall–Kier alpha value is -2.20. The smallest absolute Gasteiger partial charge is 0.410 e. The lowest BCUT2D eigenvalue weighted by Crippen LogP contribution is -2.39. The van der Waals surface area contributed by atoms with Crippen LogP contribution in [0.1, 0.15) is 29.2 Å². The second kappa shape index (κ2) is 7.81. The molecule has 1 aromatic carbocycles. The molecule has 0 saturated heterocycles. The molecular weight excluding hydrogens is 404 g/mol. The number of carbonyl (C=O) groups is 1. The average Bonchev–Trinajstić information content (AvgIpc) is 2.97. The molecule has 0 radical (unpaired) electrons. The predicted octanol–water partition coefficient (Wildman–Crippen LogP) is 3.04. The summed E-state index contributed by atoms with van der Waals surface area (Å²) in [5.74, 6) is -0.580. The van der Waals surface area contributed by atoms with Crippen LogP contribution in [0, 0.1) is 0 Å². The van der Waals surface area contributed by atoms with Crippen molar-refractivity contribution in [2.24, 2.45) is 0 Å². The fourth-order valence-corrected chi connectivity index (χ4v) is 3.81. The first-order valence-electron chi connectivity index (χ1n) is 7.99. The van der Waals surface area contributed by atoms with Gasteiger partial charge in [-0.1, -0.05) is 30.3 Å². The van der Waals surface area contributed by atoms with Gasteiger partial charge in [0.15, 0.2) is 0 Å². The zero-order valence-corrected chi connectivity index (χ0v) is 15.6. The maximum absolute atomic E-state index is 13.2. The van der Waals surface area contributed by atoms with Crippen molar-refractivity contribution in [3.8, 4) is 0 Å². The highest BCUT2D eigenvalue weighted by Crippen LogP contribution is 2.28. The van der Waals surface area contributed by atoms with Gasteiger partial charge in [-0.05, 0) is 5.56 Å². The summed E-state index contributed by atoms with van der Waals surface area (Å²) in [6, 6.07) is 9.10. The standard InChI is InChI=1S/C16H16ClF2N3O4S/c17-27(24,25)10-12-14(15(18)19)20-13-8-21(6-7-22(12)13)16(23)26-9-11-4-2-1-3-5-11/h1-5,15H,6-10H2. The van der Waals surface area contributed by atoms with Crippen molar-refractivity contribution in [3.63, 3.8) is 0 Å². The Bertz CT molecular complexity index is 935. The van der Waals surface area contributed by atoms with Crippen LogP contribution in [-0.4, -0.2) is 35.5 Å². The topological polar surface area (TPSA) is 81.5 Å². The Balaban J connectivity index is 1.74. The zero-order chi connectivity index (χ0) is 19.6. The van der Waals surface area contributed by atoms with E-state index in [9.17, 15) is 22.0 Å². The van der Waals surface area contributed by atoms with E-state index in [0.717, 1.165) is 5.56 Å². The first kappa shape index (κ1) is 19.6. The summed E-state index contributed by atoms with van der Waals surface area (Å²) in [6.45, 7) is 0.324. The Labute approximate surface area is 158 Å². The van der Waals surface area contributed by atoms with Crippen LogP contribution in [-0.2, 0) is 39.2 Å². The first-order chi connectivity index (χ1) is 12.7. The summed E-state index contributed by atoms with van der Waals surface area (Å²) in [4.78, 5) is 17.4. The van der Waals surface area contributed by atoms with E-state index >= 15 is 0 Å². The Morgan fingerprint density at radius 2 is 1.96 bits per heavy atom. The number of ether oxygens (including phenoxy) is 1. The molecule has 1 aliphatic heterocycles. The van der Waals surface area contributed by atoms with Gasteiger partial charge in [-0.25, -0.2) is 27.0 Å².